The van der Waals surface area contributed by atoms with Gasteiger partial charge in [0.1, 0.15) is 11.5 Å². The molecule has 0 atom stereocenters. The Balaban J connectivity index is 1.67. The zero-order valence-corrected chi connectivity index (χ0v) is 14.9. The number of aromatic amines is 2. The van der Waals surface area contributed by atoms with Gasteiger partial charge in [-0.15, -0.1) is 0 Å². The molecule has 1 aromatic carbocycles. The molecule has 0 aliphatic heterocycles. The maximum absolute atomic E-state index is 13.2. The fraction of sp³-hybridized carbons (Fsp3) is 0.167. The molecule has 5 rings (SSSR count). The van der Waals surface area contributed by atoms with Gasteiger partial charge in [-0.05, 0) is 43.2 Å². The van der Waals surface area contributed by atoms with E-state index in [1.54, 1.807) is 24.4 Å². The standard InChI is InChI=1S/C18H15FN8O2/c19-10-1-3-11(4-2-10)21-16-24-14-9(7-13-15(28)25-18(29)23-13)8-20-27(14)17(26-16)22-12-5-6-12/h1-4,7-8,12,28H,5-6H2,(H,21,22,26)(H2,23,25,29). The third kappa shape index (κ3) is 3.45. The Kier molecular flexibility index (Phi) is 3.86. The topological polar surface area (TPSA) is 136 Å². The van der Waals surface area contributed by atoms with E-state index in [9.17, 15) is 14.3 Å². The third-order valence-electron chi connectivity index (χ3n) is 4.36. The highest BCUT2D eigenvalue weighted by Crippen LogP contribution is 2.22. The van der Waals surface area contributed by atoms with Crippen LogP contribution in [-0.4, -0.2) is 40.7 Å². The highest BCUT2D eigenvalue weighted by molar-refractivity contribution is 5.59. The minimum atomic E-state index is -0.525. The average molecular weight is 394 g/mol. The van der Waals surface area contributed by atoms with Crippen LogP contribution in [0.5, 0.6) is 5.88 Å². The van der Waals surface area contributed by atoms with Crippen LogP contribution in [-0.2, 0) is 0 Å². The fourth-order valence-corrected chi connectivity index (χ4v) is 2.80. The first-order valence-corrected chi connectivity index (χ1v) is 8.90. The maximum atomic E-state index is 13.2. The number of nitrogens with one attached hydrogen (secondary N) is 3. The number of anilines is 2. The molecule has 4 aromatic rings. The molecule has 1 aliphatic rings. The normalized spacial score (nSPS) is 15.3. The van der Waals surface area contributed by atoms with Gasteiger partial charge < -0.3 is 15.4 Å². The number of halogens is 1. The van der Waals surface area contributed by atoms with Crippen LogP contribution >= 0.6 is 0 Å². The Morgan fingerprint density at radius 1 is 1.24 bits per heavy atom. The second kappa shape index (κ2) is 6.55. The number of imidazole rings is 1. The summed E-state index contributed by atoms with van der Waals surface area (Å²) in [4.78, 5) is 29.6. The van der Waals surface area contributed by atoms with Gasteiger partial charge in [0, 0.05) is 10.9 Å². The van der Waals surface area contributed by atoms with Gasteiger partial charge >= 0.3 is 5.69 Å². The molecule has 1 fully saturated rings. The van der Waals surface area contributed by atoms with Gasteiger partial charge in [-0.2, -0.15) is 19.6 Å². The molecule has 0 unspecified atom stereocenters. The van der Waals surface area contributed by atoms with Gasteiger partial charge in [0.15, 0.2) is 5.65 Å². The molecule has 1 saturated carbocycles. The lowest BCUT2D eigenvalue weighted by atomic mass is 10.3. The summed E-state index contributed by atoms with van der Waals surface area (Å²) in [6.45, 7) is 0. The Bertz CT molecular complexity index is 1380. The summed E-state index contributed by atoms with van der Waals surface area (Å²) >= 11 is 0. The van der Waals surface area contributed by atoms with E-state index in [2.05, 4.69) is 35.3 Å². The van der Waals surface area contributed by atoms with Crippen molar-refractivity contribution in [2.75, 3.05) is 5.32 Å². The van der Waals surface area contributed by atoms with Crippen LogP contribution < -0.4 is 21.8 Å². The van der Waals surface area contributed by atoms with Crippen molar-refractivity contribution >= 4 is 23.4 Å². The SMILES string of the molecule is O=c1[nH]c(O)c(C=c2cnn3c(=NC4CC4)nc(Nc4ccc(F)cc4)nc23)[nH]1. The number of aromatic hydroxyl groups is 1. The fourth-order valence-electron chi connectivity index (χ4n) is 2.80. The highest BCUT2D eigenvalue weighted by Gasteiger charge is 2.21. The van der Waals surface area contributed by atoms with E-state index >= 15 is 0 Å². The lowest BCUT2D eigenvalue weighted by Gasteiger charge is -2.05. The van der Waals surface area contributed by atoms with Crippen molar-refractivity contribution in [3.63, 3.8) is 0 Å². The lowest BCUT2D eigenvalue weighted by Crippen LogP contribution is -2.24. The van der Waals surface area contributed by atoms with E-state index in [0.29, 0.717) is 22.2 Å². The van der Waals surface area contributed by atoms with Gasteiger partial charge in [-0.1, -0.05) is 0 Å². The molecule has 0 bridgehead atoms. The second-order valence-corrected chi connectivity index (χ2v) is 6.66. The molecule has 3 aromatic heterocycles. The van der Waals surface area contributed by atoms with E-state index in [1.807, 2.05) is 0 Å². The van der Waals surface area contributed by atoms with E-state index in [-0.39, 0.29) is 29.4 Å². The Hall–Kier alpha value is -4.02. The number of nitrogens with zero attached hydrogens (tertiary/aromatic N) is 5. The summed E-state index contributed by atoms with van der Waals surface area (Å²) in [5.74, 6) is -0.356. The molecular formula is C18H15FN8O2. The zero-order chi connectivity index (χ0) is 20.0. The average Bonchev–Trinajstić information content (AvgIpc) is 3.33. The molecule has 10 nitrogen and oxygen atoms in total. The number of rotatable bonds is 4. The van der Waals surface area contributed by atoms with Crippen LogP contribution in [0.4, 0.5) is 16.0 Å². The van der Waals surface area contributed by atoms with Gasteiger partial charge in [0.25, 0.3) is 5.62 Å². The minimum absolute atomic E-state index is 0.202. The van der Waals surface area contributed by atoms with E-state index < -0.39 is 5.69 Å². The van der Waals surface area contributed by atoms with Crippen LogP contribution in [0.25, 0.3) is 11.7 Å². The molecule has 11 heteroatoms. The Labute approximate surface area is 161 Å². The molecule has 0 saturated heterocycles. The van der Waals surface area contributed by atoms with Crippen molar-refractivity contribution in [2.45, 2.75) is 18.9 Å². The largest absolute Gasteiger partial charge is 0.493 e. The summed E-state index contributed by atoms with van der Waals surface area (Å²) in [6.07, 6.45) is 5.07. The van der Waals surface area contributed by atoms with Gasteiger partial charge in [0.05, 0.1) is 12.2 Å². The van der Waals surface area contributed by atoms with E-state index in [4.69, 9.17) is 0 Å². The third-order valence-corrected chi connectivity index (χ3v) is 4.36. The van der Waals surface area contributed by atoms with E-state index in [0.717, 1.165) is 12.8 Å². The molecular weight excluding hydrogens is 379 g/mol. The number of aromatic nitrogens is 6. The minimum Gasteiger partial charge on any atom is -0.493 e. The molecule has 1 aliphatic carbocycles. The zero-order valence-electron chi connectivity index (χ0n) is 14.9. The van der Waals surface area contributed by atoms with Crippen molar-refractivity contribution in [2.24, 2.45) is 4.99 Å². The number of benzene rings is 1. The van der Waals surface area contributed by atoms with Gasteiger partial charge in [0.2, 0.25) is 11.8 Å². The summed E-state index contributed by atoms with van der Waals surface area (Å²) in [7, 11) is 0. The maximum Gasteiger partial charge on any atom is 0.326 e. The Morgan fingerprint density at radius 3 is 2.72 bits per heavy atom. The van der Waals surface area contributed by atoms with Crippen LogP contribution in [0, 0.1) is 5.82 Å². The first-order valence-electron chi connectivity index (χ1n) is 8.90. The lowest BCUT2D eigenvalue weighted by molar-refractivity contribution is 0.454. The molecule has 4 N–H and O–H groups in total. The number of hydrogen-bond acceptors (Lipinski definition) is 7. The van der Waals surface area contributed by atoms with E-state index in [1.165, 1.54) is 16.6 Å². The van der Waals surface area contributed by atoms with Crippen molar-refractivity contribution < 1.29 is 9.50 Å². The summed E-state index contributed by atoms with van der Waals surface area (Å²) in [5.41, 5.74) is 1.12. The first kappa shape index (κ1) is 17.1. The summed E-state index contributed by atoms with van der Waals surface area (Å²) in [5, 5.41) is 17.7. The van der Waals surface area contributed by atoms with Crippen molar-refractivity contribution in [3.05, 3.63) is 63.3 Å². The number of H-pyrrole nitrogens is 2. The molecule has 146 valence electrons. The predicted octanol–water partition coefficient (Wildman–Crippen LogP) is 0.340. The molecule has 0 spiro atoms. The van der Waals surface area contributed by atoms with Crippen LogP contribution in [0.15, 0.2) is 40.2 Å². The first-order chi connectivity index (χ1) is 14.0. The van der Waals surface area contributed by atoms with Crippen molar-refractivity contribution in [1.29, 1.82) is 0 Å². The number of hydrogen-bond donors (Lipinski definition) is 4. The second-order valence-electron chi connectivity index (χ2n) is 6.66. The van der Waals surface area contributed by atoms with Crippen molar-refractivity contribution in [1.82, 2.24) is 29.5 Å². The van der Waals surface area contributed by atoms with Crippen LogP contribution in [0.3, 0.4) is 0 Å². The molecule has 29 heavy (non-hydrogen) atoms. The predicted molar refractivity (Wildman–Crippen MR) is 101 cm³/mol. The molecule has 0 radical (unpaired) electrons. The summed E-state index contributed by atoms with van der Waals surface area (Å²) < 4.78 is 14.7. The van der Waals surface area contributed by atoms with Crippen LogP contribution in [0.2, 0.25) is 0 Å². The summed E-state index contributed by atoms with van der Waals surface area (Å²) in [6, 6.07) is 6.02. The van der Waals surface area contributed by atoms with Gasteiger partial charge in [-0.25, -0.2) is 14.2 Å². The number of fused-ring (bicyclic) bond motifs is 1. The monoisotopic (exact) mass is 394 g/mol. The van der Waals surface area contributed by atoms with Gasteiger partial charge in [-0.3, -0.25) is 4.98 Å². The highest BCUT2D eigenvalue weighted by atomic mass is 19.1. The smallest absolute Gasteiger partial charge is 0.326 e. The van der Waals surface area contributed by atoms with Crippen molar-refractivity contribution in [3.8, 4) is 5.88 Å². The molecule has 0 amide bonds. The Morgan fingerprint density at radius 2 is 2.03 bits per heavy atom. The van der Waals surface area contributed by atoms with Crippen LogP contribution in [0.1, 0.15) is 18.5 Å². The molecule has 3 heterocycles. The quantitative estimate of drug-likeness (QED) is 0.394.